The van der Waals surface area contributed by atoms with Crippen LogP contribution in [0.25, 0.3) is 0 Å². The Morgan fingerprint density at radius 1 is 1.06 bits per heavy atom. The molecule has 0 aromatic heterocycles. The number of carbonyl (C=O) groups is 1. The topological polar surface area (TPSA) is 91.4 Å². The van der Waals surface area contributed by atoms with Gasteiger partial charge < -0.3 is 23.3 Å². The molecular formula is C24H30ClNO7S. The van der Waals surface area contributed by atoms with Crippen molar-refractivity contribution in [1.82, 2.24) is 4.90 Å². The van der Waals surface area contributed by atoms with Crippen molar-refractivity contribution >= 4 is 27.8 Å². The zero-order valence-electron chi connectivity index (χ0n) is 19.7. The summed E-state index contributed by atoms with van der Waals surface area (Å²) in [5, 5.41) is 0.0691. The van der Waals surface area contributed by atoms with Crippen LogP contribution in [0.5, 0.6) is 17.2 Å². The Balaban J connectivity index is 1.62. The Hall–Kier alpha value is -2.65. The number of halogens is 1. The maximum Gasteiger partial charge on any atom is 0.410 e. The summed E-state index contributed by atoms with van der Waals surface area (Å²) in [6, 6.07) is 10.7. The minimum absolute atomic E-state index is 0.0500. The molecule has 0 radical (unpaired) electrons. The number of nitrogens with zero attached hydrogens (tertiary/aromatic N) is 1. The summed E-state index contributed by atoms with van der Waals surface area (Å²) in [4.78, 5) is 13.8. The Morgan fingerprint density at radius 3 is 2.29 bits per heavy atom. The SMILES string of the molecule is COc1cc(OCC2CCN(C(=O)OC(C)(C)C)CC2)cc(OS(=O)(=O)c2ccccc2Cl)c1. The van der Waals surface area contributed by atoms with Gasteiger partial charge in [0.05, 0.1) is 18.7 Å². The highest BCUT2D eigenvalue weighted by Gasteiger charge is 2.27. The van der Waals surface area contributed by atoms with Crippen LogP contribution in [-0.2, 0) is 14.9 Å². The average molecular weight is 512 g/mol. The van der Waals surface area contributed by atoms with Gasteiger partial charge in [0.15, 0.2) is 0 Å². The highest BCUT2D eigenvalue weighted by Crippen LogP contribution is 2.32. The van der Waals surface area contributed by atoms with Gasteiger partial charge in [-0.05, 0) is 51.7 Å². The van der Waals surface area contributed by atoms with Gasteiger partial charge in [-0.3, -0.25) is 0 Å². The molecule has 0 saturated carbocycles. The van der Waals surface area contributed by atoms with Crippen molar-refractivity contribution in [2.75, 3.05) is 26.8 Å². The fourth-order valence-corrected chi connectivity index (χ4v) is 4.85. The number of hydrogen-bond acceptors (Lipinski definition) is 7. The quantitative estimate of drug-likeness (QED) is 0.475. The van der Waals surface area contributed by atoms with Crippen molar-refractivity contribution in [3.8, 4) is 17.2 Å². The predicted octanol–water partition coefficient (Wildman–Crippen LogP) is 5.14. The van der Waals surface area contributed by atoms with Crippen molar-refractivity contribution < 1.29 is 31.6 Å². The number of piperidine rings is 1. The summed E-state index contributed by atoms with van der Waals surface area (Å²) >= 11 is 6.02. The van der Waals surface area contributed by atoms with E-state index in [2.05, 4.69) is 0 Å². The number of ether oxygens (including phenoxy) is 3. The van der Waals surface area contributed by atoms with Crippen LogP contribution in [0.1, 0.15) is 33.6 Å². The van der Waals surface area contributed by atoms with Gasteiger partial charge in [0.2, 0.25) is 0 Å². The molecule has 2 aromatic rings. The van der Waals surface area contributed by atoms with E-state index < -0.39 is 15.7 Å². The number of benzene rings is 2. The number of rotatable bonds is 7. The van der Waals surface area contributed by atoms with Crippen LogP contribution in [0.4, 0.5) is 4.79 Å². The molecule has 0 atom stereocenters. The monoisotopic (exact) mass is 511 g/mol. The molecule has 186 valence electrons. The highest BCUT2D eigenvalue weighted by atomic mass is 35.5. The van der Waals surface area contributed by atoms with Gasteiger partial charge in [0, 0.05) is 31.3 Å². The van der Waals surface area contributed by atoms with Gasteiger partial charge in [-0.15, -0.1) is 0 Å². The summed E-state index contributed by atoms with van der Waals surface area (Å²) in [6.45, 7) is 7.12. The molecule has 0 bridgehead atoms. The average Bonchev–Trinajstić information content (AvgIpc) is 2.76. The molecule has 10 heteroatoms. The lowest BCUT2D eigenvalue weighted by Gasteiger charge is -2.33. The third-order valence-electron chi connectivity index (χ3n) is 5.15. The fourth-order valence-electron chi connectivity index (χ4n) is 3.44. The maximum absolute atomic E-state index is 12.7. The number of carbonyl (C=O) groups excluding carboxylic acids is 1. The lowest BCUT2D eigenvalue weighted by Crippen LogP contribution is -2.42. The van der Waals surface area contributed by atoms with Crippen molar-refractivity contribution in [3.05, 3.63) is 47.5 Å². The Kier molecular flexibility index (Phi) is 8.20. The second-order valence-corrected chi connectivity index (χ2v) is 11.0. The second-order valence-electron chi connectivity index (χ2n) is 9.03. The van der Waals surface area contributed by atoms with Crippen LogP contribution in [-0.4, -0.2) is 51.8 Å². The molecule has 1 saturated heterocycles. The summed E-state index contributed by atoms with van der Waals surface area (Å²) in [7, 11) is -2.67. The van der Waals surface area contributed by atoms with Crippen LogP contribution in [0.15, 0.2) is 47.4 Å². The fraction of sp³-hybridized carbons (Fsp3) is 0.458. The van der Waals surface area contributed by atoms with E-state index in [4.69, 9.17) is 30.0 Å². The first-order chi connectivity index (χ1) is 16.0. The first kappa shape index (κ1) is 26.0. The smallest absolute Gasteiger partial charge is 0.410 e. The van der Waals surface area contributed by atoms with Crippen molar-refractivity contribution in [2.24, 2.45) is 5.92 Å². The van der Waals surface area contributed by atoms with E-state index in [9.17, 15) is 13.2 Å². The van der Waals surface area contributed by atoms with Crippen LogP contribution in [0, 0.1) is 5.92 Å². The first-order valence-corrected chi connectivity index (χ1v) is 12.7. The van der Waals surface area contributed by atoms with Gasteiger partial charge >= 0.3 is 16.2 Å². The molecule has 0 spiro atoms. The van der Waals surface area contributed by atoms with E-state index in [1.807, 2.05) is 20.8 Å². The molecule has 3 rings (SSSR count). The summed E-state index contributed by atoms with van der Waals surface area (Å²) in [5.41, 5.74) is -0.525. The molecule has 2 aromatic carbocycles. The van der Waals surface area contributed by atoms with Gasteiger partial charge in [0.25, 0.3) is 0 Å². The Morgan fingerprint density at radius 2 is 1.68 bits per heavy atom. The lowest BCUT2D eigenvalue weighted by molar-refractivity contribution is 0.0164. The molecule has 0 unspecified atom stereocenters. The predicted molar refractivity (Wildman–Crippen MR) is 128 cm³/mol. The molecule has 1 fully saturated rings. The van der Waals surface area contributed by atoms with Crippen molar-refractivity contribution in [2.45, 2.75) is 44.1 Å². The van der Waals surface area contributed by atoms with E-state index in [0.29, 0.717) is 31.2 Å². The number of amides is 1. The van der Waals surface area contributed by atoms with Crippen molar-refractivity contribution in [3.63, 3.8) is 0 Å². The standard InChI is InChI=1S/C24H30ClNO7S/c1-24(2,3)32-23(27)26-11-9-17(10-12-26)16-31-19-13-18(30-4)14-20(15-19)33-34(28,29)22-8-6-5-7-21(22)25/h5-8,13-15,17H,9-12,16H2,1-4H3. The van der Waals surface area contributed by atoms with Crippen molar-refractivity contribution in [1.29, 1.82) is 0 Å². The zero-order chi connectivity index (χ0) is 24.9. The van der Waals surface area contributed by atoms with E-state index in [0.717, 1.165) is 12.8 Å². The van der Waals surface area contributed by atoms with Gasteiger partial charge in [0.1, 0.15) is 27.7 Å². The van der Waals surface area contributed by atoms with Gasteiger partial charge in [-0.25, -0.2) is 4.79 Å². The number of methoxy groups -OCH3 is 1. The highest BCUT2D eigenvalue weighted by molar-refractivity contribution is 7.87. The maximum atomic E-state index is 12.7. The normalized spacial score (nSPS) is 15.0. The summed E-state index contributed by atoms with van der Waals surface area (Å²) in [6.07, 6.45) is 1.24. The van der Waals surface area contributed by atoms with Crippen LogP contribution < -0.4 is 13.7 Å². The first-order valence-electron chi connectivity index (χ1n) is 11.0. The van der Waals surface area contributed by atoms with Crippen LogP contribution >= 0.6 is 11.6 Å². The number of hydrogen-bond donors (Lipinski definition) is 0. The zero-order valence-corrected chi connectivity index (χ0v) is 21.3. The Labute approximate surface area is 205 Å². The van der Waals surface area contributed by atoms with E-state index in [-0.39, 0.29) is 27.7 Å². The molecule has 34 heavy (non-hydrogen) atoms. The minimum atomic E-state index is -4.14. The summed E-state index contributed by atoms with van der Waals surface area (Å²) in [5.74, 6) is 1.09. The molecule has 1 heterocycles. The Bertz CT molecular complexity index is 1110. The molecule has 1 amide bonds. The van der Waals surface area contributed by atoms with Crippen LogP contribution in [0.2, 0.25) is 5.02 Å². The van der Waals surface area contributed by atoms with E-state index >= 15 is 0 Å². The molecule has 1 aliphatic rings. The van der Waals surface area contributed by atoms with E-state index in [1.54, 1.807) is 23.1 Å². The largest absolute Gasteiger partial charge is 0.496 e. The summed E-state index contributed by atoms with van der Waals surface area (Å²) < 4.78 is 47.3. The lowest BCUT2D eigenvalue weighted by atomic mass is 9.98. The molecule has 8 nitrogen and oxygen atoms in total. The van der Waals surface area contributed by atoms with E-state index in [1.165, 1.54) is 31.4 Å². The molecule has 0 aliphatic carbocycles. The minimum Gasteiger partial charge on any atom is -0.496 e. The third-order valence-corrected chi connectivity index (χ3v) is 6.90. The third kappa shape index (κ3) is 7.17. The van der Waals surface area contributed by atoms with Crippen LogP contribution in [0.3, 0.4) is 0 Å². The van der Waals surface area contributed by atoms with Gasteiger partial charge in [-0.1, -0.05) is 23.7 Å². The molecular weight excluding hydrogens is 482 g/mol. The molecule has 0 N–H and O–H groups in total. The molecule has 1 aliphatic heterocycles. The number of likely N-dealkylation sites (tertiary alicyclic amines) is 1. The second kappa shape index (κ2) is 10.7. The van der Waals surface area contributed by atoms with Gasteiger partial charge in [-0.2, -0.15) is 8.42 Å².